The topological polar surface area (TPSA) is 88.0 Å². The summed E-state index contributed by atoms with van der Waals surface area (Å²) in [5.41, 5.74) is 2.53. The molecular formula is C27H33N7O. The Kier molecular flexibility index (Phi) is 7.29. The quantitative estimate of drug-likeness (QED) is 0.425. The number of hydrogen-bond donors (Lipinski definition) is 2. The highest BCUT2D eigenvalue weighted by molar-refractivity contribution is 5.94. The first kappa shape index (κ1) is 24.2. The smallest absolute Gasteiger partial charge is 0.251 e. The molecule has 1 fully saturated rings. The van der Waals surface area contributed by atoms with Crippen LogP contribution in [-0.4, -0.2) is 51.8 Å². The number of carbonyl (C=O) groups is 1. The van der Waals surface area contributed by atoms with Gasteiger partial charge in [0.05, 0.1) is 11.2 Å². The Morgan fingerprint density at radius 2 is 1.66 bits per heavy atom. The van der Waals surface area contributed by atoms with E-state index in [1.165, 1.54) is 0 Å². The summed E-state index contributed by atoms with van der Waals surface area (Å²) in [5, 5.41) is 12.0. The zero-order chi connectivity index (χ0) is 23.5. The van der Waals surface area contributed by atoms with Crippen LogP contribution in [0.3, 0.4) is 0 Å². The Balaban J connectivity index is 0.00000289. The van der Waals surface area contributed by atoms with E-state index in [-0.39, 0.29) is 25.4 Å². The fourth-order valence-electron chi connectivity index (χ4n) is 4.49. The number of amides is 1. The van der Waals surface area contributed by atoms with Gasteiger partial charge in [0.15, 0.2) is 0 Å². The number of nitrogens with zero attached hydrogens (tertiary/aromatic N) is 5. The fraction of sp³-hybridized carbons (Fsp3) is 0.333. The summed E-state index contributed by atoms with van der Waals surface area (Å²) in [6.07, 6.45) is 7.37. The molecule has 1 aliphatic rings. The van der Waals surface area contributed by atoms with Gasteiger partial charge in [0.1, 0.15) is 5.82 Å². The normalized spacial score (nSPS) is 17.4. The number of carbonyl (C=O) groups excluding carboxylic acids is 1. The van der Waals surface area contributed by atoms with Crippen LogP contribution in [0, 0.1) is 0 Å². The molecule has 0 bridgehead atoms. The third-order valence-corrected chi connectivity index (χ3v) is 6.30. The van der Waals surface area contributed by atoms with Crippen molar-refractivity contribution >= 4 is 28.6 Å². The molecule has 0 spiro atoms. The maximum absolute atomic E-state index is 12.7. The molecule has 182 valence electrons. The summed E-state index contributed by atoms with van der Waals surface area (Å²) in [6, 6.07) is 17.9. The van der Waals surface area contributed by atoms with Gasteiger partial charge in [-0.05, 0) is 68.1 Å². The highest BCUT2D eigenvalue weighted by Gasteiger charge is 2.24. The molecule has 1 amide bonds. The zero-order valence-electron chi connectivity index (χ0n) is 19.5. The molecule has 0 aliphatic heterocycles. The lowest BCUT2D eigenvalue weighted by Gasteiger charge is -2.30. The SMILES string of the molecule is C.CN(C)c1nc(NC2CCC(NC(=O)c3ccc(-n4cccn4)cc3)CC2)nc2ccccc12. The van der Waals surface area contributed by atoms with Gasteiger partial charge in [0.2, 0.25) is 5.95 Å². The largest absolute Gasteiger partial charge is 0.362 e. The minimum absolute atomic E-state index is 0. The molecule has 2 N–H and O–H groups in total. The predicted octanol–water partition coefficient (Wildman–Crippen LogP) is 4.67. The summed E-state index contributed by atoms with van der Waals surface area (Å²) >= 11 is 0. The van der Waals surface area contributed by atoms with E-state index in [1.54, 1.807) is 10.9 Å². The van der Waals surface area contributed by atoms with Crippen LogP contribution < -0.4 is 15.5 Å². The summed E-state index contributed by atoms with van der Waals surface area (Å²) in [5.74, 6) is 1.54. The van der Waals surface area contributed by atoms with Crippen LogP contribution in [0.1, 0.15) is 43.5 Å². The summed E-state index contributed by atoms with van der Waals surface area (Å²) in [4.78, 5) is 24.2. The molecule has 2 heterocycles. The van der Waals surface area contributed by atoms with Crippen LogP contribution in [0.2, 0.25) is 0 Å². The van der Waals surface area contributed by atoms with E-state index in [0.29, 0.717) is 11.5 Å². The van der Waals surface area contributed by atoms with Crippen molar-refractivity contribution in [1.82, 2.24) is 25.1 Å². The van der Waals surface area contributed by atoms with E-state index in [0.717, 1.165) is 48.1 Å². The van der Waals surface area contributed by atoms with Crippen molar-refractivity contribution in [3.05, 3.63) is 72.6 Å². The van der Waals surface area contributed by atoms with E-state index in [2.05, 4.69) is 15.7 Å². The minimum atomic E-state index is -0.0306. The van der Waals surface area contributed by atoms with Crippen molar-refractivity contribution in [2.75, 3.05) is 24.3 Å². The summed E-state index contributed by atoms with van der Waals surface area (Å²) in [7, 11) is 3.99. The molecule has 4 aromatic rings. The lowest BCUT2D eigenvalue weighted by Crippen LogP contribution is -2.40. The monoisotopic (exact) mass is 471 g/mol. The second kappa shape index (κ2) is 10.5. The molecule has 1 saturated carbocycles. The number of fused-ring (bicyclic) bond motifs is 1. The molecule has 1 aliphatic carbocycles. The molecule has 0 unspecified atom stereocenters. The molecule has 0 radical (unpaired) electrons. The van der Waals surface area contributed by atoms with Crippen LogP contribution in [0.25, 0.3) is 16.6 Å². The molecule has 8 heteroatoms. The van der Waals surface area contributed by atoms with Crippen molar-refractivity contribution in [3.63, 3.8) is 0 Å². The van der Waals surface area contributed by atoms with Crippen LogP contribution in [0.15, 0.2) is 67.0 Å². The van der Waals surface area contributed by atoms with Crippen molar-refractivity contribution in [2.45, 2.75) is 45.2 Å². The number of benzene rings is 2. The van der Waals surface area contributed by atoms with Gasteiger partial charge < -0.3 is 15.5 Å². The molecule has 2 aromatic carbocycles. The maximum Gasteiger partial charge on any atom is 0.251 e. The van der Waals surface area contributed by atoms with Gasteiger partial charge >= 0.3 is 0 Å². The maximum atomic E-state index is 12.7. The highest BCUT2D eigenvalue weighted by Crippen LogP contribution is 2.26. The number of rotatable bonds is 6. The molecule has 2 aromatic heterocycles. The fourth-order valence-corrected chi connectivity index (χ4v) is 4.49. The second-order valence-corrected chi connectivity index (χ2v) is 8.95. The third-order valence-electron chi connectivity index (χ3n) is 6.30. The van der Waals surface area contributed by atoms with Crippen LogP contribution in [-0.2, 0) is 0 Å². The summed E-state index contributed by atoms with van der Waals surface area (Å²) < 4.78 is 1.77. The van der Waals surface area contributed by atoms with Gasteiger partial charge in [-0.25, -0.2) is 9.67 Å². The van der Waals surface area contributed by atoms with Crippen molar-refractivity contribution in [3.8, 4) is 5.69 Å². The Bertz CT molecular complexity index is 1260. The Hall–Kier alpha value is -3.94. The number of para-hydroxylation sites is 1. The Morgan fingerprint density at radius 3 is 2.34 bits per heavy atom. The second-order valence-electron chi connectivity index (χ2n) is 8.95. The first-order valence-electron chi connectivity index (χ1n) is 11.7. The highest BCUT2D eigenvalue weighted by atomic mass is 16.1. The third kappa shape index (κ3) is 5.42. The van der Waals surface area contributed by atoms with Gasteiger partial charge in [-0.3, -0.25) is 4.79 Å². The standard InChI is InChI=1S/C26H29N7O.CH4/c1-32(2)24-22-6-3-4-7-23(22)30-26(31-24)29-20-12-10-19(11-13-20)28-25(34)18-8-14-21(15-9-18)33-17-5-16-27-33;/h3-9,14-17,19-20H,10-13H2,1-2H3,(H,28,34)(H,29,30,31);1H4. The van der Waals surface area contributed by atoms with Gasteiger partial charge in [-0.1, -0.05) is 19.6 Å². The predicted molar refractivity (Wildman–Crippen MR) is 141 cm³/mol. The first-order valence-corrected chi connectivity index (χ1v) is 11.7. The van der Waals surface area contributed by atoms with Crippen molar-refractivity contribution in [1.29, 1.82) is 0 Å². The van der Waals surface area contributed by atoms with E-state index < -0.39 is 0 Å². The van der Waals surface area contributed by atoms with Crippen LogP contribution in [0.5, 0.6) is 0 Å². The Labute approximate surface area is 206 Å². The molecular weight excluding hydrogens is 438 g/mol. The summed E-state index contributed by atoms with van der Waals surface area (Å²) in [6.45, 7) is 0. The average Bonchev–Trinajstić information content (AvgIpc) is 3.40. The Morgan fingerprint density at radius 1 is 0.943 bits per heavy atom. The van der Waals surface area contributed by atoms with Gasteiger partial charge in [0, 0.05) is 49.5 Å². The van der Waals surface area contributed by atoms with E-state index in [9.17, 15) is 4.79 Å². The van der Waals surface area contributed by atoms with Gasteiger partial charge in [-0.15, -0.1) is 0 Å². The van der Waals surface area contributed by atoms with Crippen LogP contribution >= 0.6 is 0 Å². The minimum Gasteiger partial charge on any atom is -0.362 e. The van der Waals surface area contributed by atoms with E-state index in [4.69, 9.17) is 9.97 Å². The molecule has 0 atom stereocenters. The number of hydrogen-bond acceptors (Lipinski definition) is 6. The van der Waals surface area contributed by atoms with Gasteiger partial charge in [-0.2, -0.15) is 10.1 Å². The number of anilines is 2. The van der Waals surface area contributed by atoms with Crippen molar-refractivity contribution in [2.24, 2.45) is 0 Å². The van der Waals surface area contributed by atoms with Crippen LogP contribution in [0.4, 0.5) is 11.8 Å². The molecule has 5 rings (SSSR count). The molecule has 0 saturated heterocycles. The number of nitrogens with one attached hydrogen (secondary N) is 2. The van der Waals surface area contributed by atoms with Gasteiger partial charge in [0.25, 0.3) is 5.91 Å². The zero-order valence-corrected chi connectivity index (χ0v) is 19.5. The molecule has 8 nitrogen and oxygen atoms in total. The van der Waals surface area contributed by atoms with E-state index in [1.807, 2.05) is 79.8 Å². The molecule has 35 heavy (non-hydrogen) atoms. The lowest BCUT2D eigenvalue weighted by molar-refractivity contribution is 0.0926. The van der Waals surface area contributed by atoms with Crippen molar-refractivity contribution < 1.29 is 4.79 Å². The number of aromatic nitrogens is 4. The van der Waals surface area contributed by atoms with E-state index >= 15 is 0 Å². The average molecular weight is 472 g/mol. The first-order chi connectivity index (χ1) is 16.6. The lowest BCUT2D eigenvalue weighted by atomic mass is 9.91.